The molecule has 1 heterocycles. The fraction of sp³-hybridized carbons (Fsp3) is 0.579. The van der Waals surface area contributed by atoms with Crippen molar-refractivity contribution in [1.82, 2.24) is 15.1 Å². The summed E-state index contributed by atoms with van der Waals surface area (Å²) in [6.45, 7) is 5.09. The Balaban J connectivity index is 0.00000392. The van der Waals surface area contributed by atoms with Gasteiger partial charge in [0.25, 0.3) is 0 Å². The minimum Gasteiger partial charge on any atom is -0.469 e. The molecule has 1 aromatic rings. The maximum absolute atomic E-state index is 13.7. The van der Waals surface area contributed by atoms with E-state index in [1.54, 1.807) is 19.2 Å². The lowest BCUT2D eigenvalue weighted by molar-refractivity contribution is -0.140. The normalized spacial score (nSPS) is 15.1. The Morgan fingerprint density at radius 1 is 1.29 bits per heavy atom. The number of methoxy groups -OCH3 is 1. The first kappa shape index (κ1) is 25.1. The van der Waals surface area contributed by atoms with E-state index in [4.69, 9.17) is 0 Å². The van der Waals surface area contributed by atoms with Gasteiger partial charge in [0.2, 0.25) is 0 Å². The van der Waals surface area contributed by atoms with Crippen molar-refractivity contribution in [2.75, 3.05) is 46.9 Å². The van der Waals surface area contributed by atoms with Crippen LogP contribution in [0, 0.1) is 5.82 Å². The van der Waals surface area contributed by atoms with Crippen LogP contribution in [-0.2, 0) is 16.1 Å². The summed E-state index contributed by atoms with van der Waals surface area (Å²) < 4.78 is 18.8. The number of hydrogen-bond donors (Lipinski definition) is 1. The molecule has 2 rings (SSSR count). The van der Waals surface area contributed by atoms with Crippen molar-refractivity contribution in [3.8, 4) is 0 Å². The second kappa shape index (κ2) is 13.3. The number of ether oxygens (including phenoxy) is 1. The van der Waals surface area contributed by atoms with Crippen LogP contribution in [0.15, 0.2) is 27.7 Å². The first-order valence-electron chi connectivity index (χ1n) is 9.22. The summed E-state index contributed by atoms with van der Waals surface area (Å²) in [5.41, 5.74) is 0.984. The number of nitrogens with zero attached hydrogens (tertiary/aromatic N) is 3. The Hall–Kier alpha value is -0.940. The third-order valence-electron chi connectivity index (χ3n) is 4.59. The molecule has 1 aromatic carbocycles. The van der Waals surface area contributed by atoms with E-state index in [2.05, 4.69) is 40.8 Å². The van der Waals surface area contributed by atoms with Gasteiger partial charge in [0.1, 0.15) is 5.82 Å². The van der Waals surface area contributed by atoms with E-state index in [0.717, 1.165) is 63.6 Å². The second-order valence-electron chi connectivity index (χ2n) is 6.52. The zero-order valence-corrected chi connectivity index (χ0v) is 20.3. The minimum atomic E-state index is -0.220. The van der Waals surface area contributed by atoms with Crippen LogP contribution in [0.25, 0.3) is 0 Å². The zero-order valence-electron chi connectivity index (χ0n) is 16.4. The van der Waals surface area contributed by atoms with E-state index in [1.807, 2.05) is 6.07 Å². The number of carbonyl (C=O) groups excluding carboxylic acids is 1. The highest BCUT2D eigenvalue weighted by atomic mass is 127. The van der Waals surface area contributed by atoms with Crippen LogP contribution in [0.3, 0.4) is 0 Å². The molecule has 0 unspecified atom stereocenters. The number of piperazine rings is 1. The number of nitrogens with one attached hydrogen (secondary N) is 1. The average Bonchev–Trinajstić information content (AvgIpc) is 2.68. The molecule has 0 aliphatic carbocycles. The number of rotatable bonds is 7. The molecule has 1 fully saturated rings. The lowest BCUT2D eigenvalue weighted by Gasteiger charge is -2.36. The molecule has 0 spiro atoms. The number of guanidine groups is 1. The van der Waals surface area contributed by atoms with Crippen molar-refractivity contribution in [2.24, 2.45) is 4.99 Å². The molecule has 0 saturated carbocycles. The molecule has 9 heteroatoms. The molecule has 0 aromatic heterocycles. The first-order chi connectivity index (χ1) is 13.0. The van der Waals surface area contributed by atoms with E-state index in [-0.39, 0.29) is 35.8 Å². The smallest absolute Gasteiger partial charge is 0.305 e. The number of esters is 1. The van der Waals surface area contributed by atoms with Gasteiger partial charge in [-0.05, 0) is 46.5 Å². The van der Waals surface area contributed by atoms with Gasteiger partial charge in [-0.15, -0.1) is 24.0 Å². The molecule has 1 saturated heterocycles. The average molecular weight is 571 g/mol. The lowest BCUT2D eigenvalue weighted by atomic mass is 10.2. The Morgan fingerprint density at radius 3 is 2.61 bits per heavy atom. The Bertz CT molecular complexity index is 655. The van der Waals surface area contributed by atoms with Gasteiger partial charge >= 0.3 is 5.97 Å². The van der Waals surface area contributed by atoms with Crippen LogP contribution < -0.4 is 5.32 Å². The van der Waals surface area contributed by atoms with Gasteiger partial charge in [-0.2, -0.15) is 0 Å². The maximum Gasteiger partial charge on any atom is 0.305 e. The first-order valence-corrected chi connectivity index (χ1v) is 10.0. The summed E-state index contributed by atoms with van der Waals surface area (Å²) in [7, 11) is 3.20. The van der Waals surface area contributed by atoms with E-state index >= 15 is 0 Å². The molecule has 1 N–H and O–H groups in total. The highest BCUT2D eigenvalue weighted by Gasteiger charge is 2.19. The van der Waals surface area contributed by atoms with Gasteiger partial charge in [-0.25, -0.2) is 4.39 Å². The third-order valence-corrected chi connectivity index (χ3v) is 5.24. The van der Waals surface area contributed by atoms with Crippen molar-refractivity contribution in [2.45, 2.75) is 25.8 Å². The molecule has 28 heavy (non-hydrogen) atoms. The van der Waals surface area contributed by atoms with E-state index in [9.17, 15) is 9.18 Å². The van der Waals surface area contributed by atoms with Crippen molar-refractivity contribution >= 4 is 51.8 Å². The van der Waals surface area contributed by atoms with Crippen molar-refractivity contribution in [1.29, 1.82) is 0 Å². The highest BCUT2D eigenvalue weighted by Crippen LogP contribution is 2.18. The van der Waals surface area contributed by atoms with E-state index < -0.39 is 0 Å². The summed E-state index contributed by atoms with van der Waals surface area (Å²) in [5.74, 6) is 0.506. The number of unbranched alkanes of at least 4 members (excludes halogenated alkanes) is 1. The summed E-state index contributed by atoms with van der Waals surface area (Å²) in [6, 6.07) is 5.30. The van der Waals surface area contributed by atoms with Crippen LogP contribution in [0.1, 0.15) is 24.8 Å². The van der Waals surface area contributed by atoms with Crippen LogP contribution in [0.4, 0.5) is 4.39 Å². The molecule has 0 radical (unpaired) electrons. The Labute approximate surface area is 192 Å². The van der Waals surface area contributed by atoms with Gasteiger partial charge < -0.3 is 15.0 Å². The monoisotopic (exact) mass is 570 g/mol. The quantitative estimate of drug-likeness (QED) is 0.179. The van der Waals surface area contributed by atoms with Gasteiger partial charge in [0.15, 0.2) is 5.96 Å². The minimum absolute atomic E-state index is 0. The number of carbonyl (C=O) groups is 1. The van der Waals surface area contributed by atoms with E-state index in [0.29, 0.717) is 10.9 Å². The predicted octanol–water partition coefficient (Wildman–Crippen LogP) is 3.24. The van der Waals surface area contributed by atoms with Gasteiger partial charge in [-0.1, -0.05) is 6.07 Å². The van der Waals surface area contributed by atoms with Gasteiger partial charge in [-0.3, -0.25) is 14.7 Å². The standard InChI is InChI=1S/C19H28BrFN4O2.HI/c1-22-19(23-8-4-3-5-18(26)27-2)25-11-9-24(10-12-25)14-15-6-7-16(20)17(21)13-15;/h6-7,13H,3-5,8-12,14H2,1-2H3,(H,22,23);1H. The van der Waals surface area contributed by atoms with Crippen LogP contribution in [-0.4, -0.2) is 68.6 Å². The topological polar surface area (TPSA) is 57.2 Å². The molecule has 1 aliphatic heterocycles. The molecule has 6 nitrogen and oxygen atoms in total. The summed E-state index contributed by atoms with van der Waals surface area (Å²) >= 11 is 3.19. The van der Waals surface area contributed by atoms with Gasteiger partial charge in [0, 0.05) is 52.7 Å². The number of halogens is 3. The highest BCUT2D eigenvalue weighted by molar-refractivity contribution is 14.0. The number of benzene rings is 1. The number of aliphatic imine (C=N–C) groups is 1. The van der Waals surface area contributed by atoms with Crippen molar-refractivity contribution < 1.29 is 13.9 Å². The molecule has 0 bridgehead atoms. The predicted molar refractivity (Wildman–Crippen MR) is 124 cm³/mol. The number of hydrogen-bond acceptors (Lipinski definition) is 4. The third kappa shape index (κ3) is 8.20. The Kier molecular flexibility index (Phi) is 11.9. The van der Waals surface area contributed by atoms with Crippen LogP contribution in [0.5, 0.6) is 0 Å². The molecule has 0 amide bonds. The summed E-state index contributed by atoms with van der Waals surface area (Å²) in [5, 5.41) is 3.36. The SMILES string of the molecule is CN=C(NCCCCC(=O)OC)N1CCN(Cc2ccc(Br)c(F)c2)CC1.I. The second-order valence-corrected chi connectivity index (χ2v) is 7.37. The fourth-order valence-corrected chi connectivity index (χ4v) is 3.29. The summed E-state index contributed by atoms with van der Waals surface area (Å²) in [4.78, 5) is 20.0. The molecule has 158 valence electrons. The summed E-state index contributed by atoms with van der Waals surface area (Å²) in [6.07, 6.45) is 2.14. The molecular weight excluding hydrogens is 542 g/mol. The zero-order chi connectivity index (χ0) is 19.6. The fourth-order valence-electron chi connectivity index (χ4n) is 3.04. The molecule has 0 atom stereocenters. The lowest BCUT2D eigenvalue weighted by Crippen LogP contribution is -2.52. The Morgan fingerprint density at radius 2 is 2.00 bits per heavy atom. The van der Waals surface area contributed by atoms with Crippen molar-refractivity contribution in [3.63, 3.8) is 0 Å². The molecule has 1 aliphatic rings. The largest absolute Gasteiger partial charge is 0.469 e. The van der Waals surface area contributed by atoms with E-state index in [1.165, 1.54) is 7.11 Å². The van der Waals surface area contributed by atoms with Crippen LogP contribution in [0.2, 0.25) is 0 Å². The van der Waals surface area contributed by atoms with Gasteiger partial charge in [0.05, 0.1) is 11.6 Å². The van der Waals surface area contributed by atoms with Crippen LogP contribution >= 0.6 is 39.9 Å². The maximum atomic E-state index is 13.7. The molecular formula is C19H29BrFIN4O2. The van der Waals surface area contributed by atoms with Crippen molar-refractivity contribution in [3.05, 3.63) is 34.1 Å².